The second-order valence-corrected chi connectivity index (χ2v) is 8.62. The van der Waals surface area contributed by atoms with Crippen molar-refractivity contribution in [3.8, 4) is 11.3 Å². The first-order valence-electron chi connectivity index (χ1n) is 11.1. The van der Waals surface area contributed by atoms with Crippen LogP contribution in [-0.2, 0) is 25.1 Å². The second-order valence-electron chi connectivity index (χ2n) is 8.62. The first kappa shape index (κ1) is 20.1. The number of nitrogens with zero attached hydrogens (tertiary/aromatic N) is 3. The Morgan fingerprint density at radius 2 is 2.00 bits per heavy atom. The van der Waals surface area contributed by atoms with Gasteiger partial charge in [0.05, 0.1) is 34.9 Å². The van der Waals surface area contributed by atoms with E-state index in [1.807, 2.05) is 23.2 Å². The Bertz CT molecular complexity index is 1110. The molecular weight excluding hydrogens is 386 g/mol. The Labute approximate surface area is 183 Å². The molecule has 4 N–H and O–H groups in total. The van der Waals surface area contributed by atoms with Crippen LogP contribution in [0.3, 0.4) is 0 Å². The van der Waals surface area contributed by atoms with Gasteiger partial charge in [-0.25, -0.2) is 10.4 Å². The van der Waals surface area contributed by atoms with Crippen LogP contribution in [0.15, 0.2) is 48.5 Å². The molecule has 1 aliphatic heterocycles. The van der Waals surface area contributed by atoms with Crippen molar-refractivity contribution in [1.82, 2.24) is 15.4 Å². The van der Waals surface area contributed by atoms with Crippen LogP contribution in [0.2, 0.25) is 0 Å². The molecule has 0 fully saturated rings. The summed E-state index contributed by atoms with van der Waals surface area (Å²) in [6.45, 7) is 2.85. The Morgan fingerprint density at radius 1 is 1.13 bits per heavy atom. The highest BCUT2D eigenvalue weighted by Crippen LogP contribution is 2.38. The maximum atomic E-state index is 9.45. The van der Waals surface area contributed by atoms with Gasteiger partial charge in [0.1, 0.15) is 5.82 Å². The third-order valence-corrected chi connectivity index (χ3v) is 6.45. The summed E-state index contributed by atoms with van der Waals surface area (Å²) in [5, 5.41) is 11.4. The predicted molar refractivity (Wildman–Crippen MR) is 123 cm³/mol. The number of anilines is 2. The highest BCUT2D eigenvalue weighted by atomic mass is 16.3. The highest BCUT2D eigenvalue weighted by Gasteiger charge is 2.33. The van der Waals surface area contributed by atoms with E-state index in [1.165, 1.54) is 11.1 Å². The van der Waals surface area contributed by atoms with Crippen molar-refractivity contribution in [3.05, 3.63) is 71.0 Å². The predicted octanol–water partition coefficient (Wildman–Crippen LogP) is 4.08. The summed E-state index contributed by atoms with van der Waals surface area (Å²) in [7, 11) is 0. The number of hydrogen-bond acceptors (Lipinski definition) is 6. The second kappa shape index (κ2) is 8.04. The van der Waals surface area contributed by atoms with Gasteiger partial charge in [-0.1, -0.05) is 37.6 Å². The van der Waals surface area contributed by atoms with Gasteiger partial charge in [0.15, 0.2) is 0 Å². The van der Waals surface area contributed by atoms with Crippen molar-refractivity contribution < 1.29 is 5.11 Å². The number of aliphatic hydroxyl groups excluding tert-OH is 1. The SMILES string of the molecule is CCCC1(N)CCCc2ccc(-c3ccc4c(c3)N(c3cccc(CO)n3)NC4)nc21. The summed E-state index contributed by atoms with van der Waals surface area (Å²) in [6, 6.07) is 16.5. The molecule has 6 heteroatoms. The number of benzene rings is 1. The minimum absolute atomic E-state index is 0.0772. The molecule has 6 nitrogen and oxygen atoms in total. The third kappa shape index (κ3) is 3.61. The summed E-state index contributed by atoms with van der Waals surface area (Å²) in [5.74, 6) is 0.768. The largest absolute Gasteiger partial charge is 0.390 e. The van der Waals surface area contributed by atoms with Crippen LogP contribution < -0.4 is 16.2 Å². The summed E-state index contributed by atoms with van der Waals surface area (Å²) in [6.07, 6.45) is 5.20. The molecule has 0 spiro atoms. The monoisotopic (exact) mass is 415 g/mol. The quantitative estimate of drug-likeness (QED) is 0.582. The molecule has 1 atom stereocenters. The summed E-state index contributed by atoms with van der Waals surface area (Å²) in [4.78, 5) is 9.65. The minimum atomic E-state index is -0.322. The molecule has 0 amide bonds. The lowest BCUT2D eigenvalue weighted by Crippen LogP contribution is -2.41. The topological polar surface area (TPSA) is 87.3 Å². The Balaban J connectivity index is 1.53. The van der Waals surface area contributed by atoms with Crippen molar-refractivity contribution in [3.63, 3.8) is 0 Å². The van der Waals surface area contributed by atoms with Crippen molar-refractivity contribution in [2.75, 3.05) is 5.01 Å². The molecule has 0 bridgehead atoms. The van der Waals surface area contributed by atoms with E-state index in [9.17, 15) is 5.11 Å². The van der Waals surface area contributed by atoms with Crippen LogP contribution in [0.25, 0.3) is 11.3 Å². The average molecular weight is 416 g/mol. The van der Waals surface area contributed by atoms with Gasteiger partial charge in [-0.05, 0) is 61.1 Å². The standard InChI is InChI=1S/C25H29N5O/c1-2-12-25(26)13-4-5-17-10-11-21(29-24(17)25)18-8-9-19-15-27-30(22(19)14-18)23-7-3-6-20(16-31)28-23/h3,6-11,14,27,31H,2,4-5,12-13,15-16,26H2,1H3. The zero-order valence-corrected chi connectivity index (χ0v) is 17.9. The fourth-order valence-electron chi connectivity index (χ4n) is 4.90. The van der Waals surface area contributed by atoms with Crippen molar-refractivity contribution in [1.29, 1.82) is 0 Å². The zero-order chi connectivity index (χ0) is 21.4. The third-order valence-electron chi connectivity index (χ3n) is 6.45. The maximum Gasteiger partial charge on any atom is 0.147 e. The average Bonchev–Trinajstić information content (AvgIpc) is 3.22. The van der Waals surface area contributed by atoms with Gasteiger partial charge >= 0.3 is 0 Å². The van der Waals surface area contributed by atoms with E-state index in [1.54, 1.807) is 0 Å². The van der Waals surface area contributed by atoms with Crippen molar-refractivity contribution in [2.45, 2.75) is 57.7 Å². The number of aryl methyl sites for hydroxylation is 1. The Morgan fingerprint density at radius 3 is 2.84 bits per heavy atom. The van der Waals surface area contributed by atoms with Crippen molar-refractivity contribution in [2.24, 2.45) is 5.73 Å². The fourth-order valence-corrected chi connectivity index (χ4v) is 4.90. The van der Waals surface area contributed by atoms with Gasteiger partial charge in [-0.3, -0.25) is 9.99 Å². The number of pyridine rings is 2. The van der Waals surface area contributed by atoms with Gasteiger partial charge in [0.2, 0.25) is 0 Å². The molecule has 1 aromatic carbocycles. The lowest BCUT2D eigenvalue weighted by molar-refractivity contribution is 0.277. The van der Waals surface area contributed by atoms with E-state index in [0.717, 1.165) is 67.1 Å². The van der Waals surface area contributed by atoms with E-state index in [-0.39, 0.29) is 12.1 Å². The van der Waals surface area contributed by atoms with Gasteiger partial charge in [-0.15, -0.1) is 0 Å². The molecular formula is C25H29N5O. The number of aliphatic hydroxyl groups is 1. The van der Waals surface area contributed by atoms with Gasteiger partial charge in [-0.2, -0.15) is 0 Å². The van der Waals surface area contributed by atoms with Crippen molar-refractivity contribution >= 4 is 11.5 Å². The van der Waals surface area contributed by atoms with Crippen LogP contribution in [0.1, 0.15) is 55.1 Å². The number of fused-ring (bicyclic) bond motifs is 2. The molecule has 0 saturated carbocycles. The molecule has 1 unspecified atom stereocenters. The molecule has 5 rings (SSSR count). The Hall–Kier alpha value is -2.80. The number of hydrazine groups is 1. The fraction of sp³-hybridized carbons (Fsp3) is 0.360. The van der Waals surface area contributed by atoms with Crippen LogP contribution in [0, 0.1) is 0 Å². The van der Waals surface area contributed by atoms with Crippen LogP contribution >= 0.6 is 0 Å². The van der Waals surface area contributed by atoms with E-state index >= 15 is 0 Å². The molecule has 3 heterocycles. The molecule has 3 aromatic rings. The maximum absolute atomic E-state index is 9.45. The number of nitrogens with one attached hydrogen (secondary N) is 1. The normalized spacial score (nSPS) is 19.9. The first-order valence-corrected chi connectivity index (χ1v) is 11.1. The van der Waals surface area contributed by atoms with Crippen LogP contribution in [-0.4, -0.2) is 15.1 Å². The summed E-state index contributed by atoms with van der Waals surface area (Å²) < 4.78 is 0. The lowest BCUT2D eigenvalue weighted by atomic mass is 9.77. The molecule has 0 radical (unpaired) electrons. The number of hydrogen-bond donors (Lipinski definition) is 3. The van der Waals surface area contributed by atoms with Gasteiger partial charge in [0.25, 0.3) is 0 Å². The minimum Gasteiger partial charge on any atom is -0.390 e. The Kier molecular flexibility index (Phi) is 5.22. The molecule has 31 heavy (non-hydrogen) atoms. The first-order chi connectivity index (χ1) is 15.1. The van der Waals surface area contributed by atoms with E-state index in [0.29, 0.717) is 5.69 Å². The van der Waals surface area contributed by atoms with Crippen LogP contribution in [0.5, 0.6) is 0 Å². The highest BCUT2D eigenvalue weighted by molar-refractivity contribution is 5.73. The molecule has 2 aromatic heterocycles. The van der Waals surface area contributed by atoms with Gasteiger partial charge < -0.3 is 10.8 Å². The lowest BCUT2D eigenvalue weighted by Gasteiger charge is -2.35. The summed E-state index contributed by atoms with van der Waals surface area (Å²) in [5.41, 5.74) is 17.2. The molecule has 160 valence electrons. The summed E-state index contributed by atoms with van der Waals surface area (Å²) >= 11 is 0. The molecule has 2 aliphatic rings. The van der Waals surface area contributed by atoms with Crippen LogP contribution in [0.4, 0.5) is 11.5 Å². The van der Waals surface area contributed by atoms with E-state index in [2.05, 4.69) is 47.7 Å². The van der Waals surface area contributed by atoms with E-state index in [4.69, 9.17) is 10.7 Å². The smallest absolute Gasteiger partial charge is 0.147 e. The number of rotatable bonds is 5. The number of aromatic nitrogens is 2. The number of nitrogens with two attached hydrogens (primary N) is 1. The molecule has 0 saturated heterocycles. The zero-order valence-electron chi connectivity index (χ0n) is 17.9. The van der Waals surface area contributed by atoms with Gasteiger partial charge in [0, 0.05) is 12.1 Å². The molecule has 1 aliphatic carbocycles. The van der Waals surface area contributed by atoms with E-state index < -0.39 is 0 Å².